The number of carbonyl (C=O) groups is 1. The second kappa shape index (κ2) is 11.4. The van der Waals surface area contributed by atoms with E-state index in [2.05, 4.69) is 15.4 Å². The fourth-order valence-electron chi connectivity index (χ4n) is 2.34. The Morgan fingerprint density at radius 1 is 0.950 bits per heavy atom. The summed E-state index contributed by atoms with van der Waals surface area (Å²) in [6.45, 7) is 0. The fraction of sp³-hybridized carbons (Fsp3) is 0.800. The van der Waals surface area contributed by atoms with Gasteiger partial charge in [0.25, 0.3) is 0 Å². The van der Waals surface area contributed by atoms with Gasteiger partial charge in [-0.05, 0) is 19.3 Å². The lowest BCUT2D eigenvalue weighted by atomic mass is 10.0. The quantitative estimate of drug-likeness (QED) is 0.540. The molecule has 5 heteroatoms. The number of H-pyrrole nitrogens is 1. The highest BCUT2D eigenvalue weighted by Gasteiger charge is 1.98. The normalized spacial score (nSPS) is 10.8. The van der Waals surface area contributed by atoms with Crippen LogP contribution in [-0.4, -0.2) is 26.5 Å². The van der Waals surface area contributed by atoms with E-state index in [1.807, 2.05) is 0 Å². The van der Waals surface area contributed by atoms with Crippen molar-refractivity contribution in [2.45, 2.75) is 77.0 Å². The van der Waals surface area contributed by atoms with E-state index in [9.17, 15) is 4.79 Å². The Kier molecular flexibility index (Phi) is 9.53. The molecule has 1 aromatic rings. The molecule has 0 fully saturated rings. The molecule has 0 radical (unpaired) electrons. The number of hydrogen-bond donors (Lipinski definition) is 2. The van der Waals surface area contributed by atoms with Crippen molar-refractivity contribution in [2.24, 2.45) is 0 Å². The maximum absolute atomic E-state index is 10.3. The molecule has 0 aliphatic rings. The fourth-order valence-corrected chi connectivity index (χ4v) is 2.34. The SMILES string of the molecule is O=C(O)CCCCCCCCCCCCc1cn[nH]n1. The van der Waals surface area contributed by atoms with E-state index in [1.165, 1.54) is 51.4 Å². The minimum Gasteiger partial charge on any atom is -0.481 e. The molecule has 20 heavy (non-hydrogen) atoms. The zero-order valence-electron chi connectivity index (χ0n) is 12.3. The van der Waals surface area contributed by atoms with Crippen molar-refractivity contribution in [1.82, 2.24) is 15.4 Å². The van der Waals surface area contributed by atoms with Gasteiger partial charge in [-0.2, -0.15) is 15.4 Å². The molecule has 0 unspecified atom stereocenters. The Hall–Kier alpha value is -1.39. The van der Waals surface area contributed by atoms with Crippen LogP contribution in [0.3, 0.4) is 0 Å². The summed E-state index contributed by atoms with van der Waals surface area (Å²) in [5.41, 5.74) is 1.06. The van der Waals surface area contributed by atoms with Gasteiger partial charge in [0.1, 0.15) is 0 Å². The summed E-state index contributed by atoms with van der Waals surface area (Å²) in [6, 6.07) is 0. The average molecular weight is 281 g/mol. The first-order chi connectivity index (χ1) is 9.79. The van der Waals surface area contributed by atoms with Gasteiger partial charge in [-0.15, -0.1) is 0 Å². The van der Waals surface area contributed by atoms with Gasteiger partial charge in [-0.25, -0.2) is 0 Å². The number of aliphatic carboxylic acids is 1. The predicted molar refractivity (Wildman–Crippen MR) is 78.5 cm³/mol. The zero-order valence-corrected chi connectivity index (χ0v) is 12.3. The third-order valence-electron chi connectivity index (χ3n) is 3.54. The Labute approximate surface area is 121 Å². The van der Waals surface area contributed by atoms with E-state index < -0.39 is 5.97 Å². The van der Waals surface area contributed by atoms with Gasteiger partial charge in [0.2, 0.25) is 0 Å². The number of rotatable bonds is 13. The lowest BCUT2D eigenvalue weighted by Gasteiger charge is -2.02. The van der Waals surface area contributed by atoms with Crippen molar-refractivity contribution in [3.05, 3.63) is 11.9 Å². The largest absolute Gasteiger partial charge is 0.481 e. The standard InChI is InChI=1S/C15H27N3O2/c19-15(20)12-10-8-6-4-2-1-3-5-7-9-11-14-13-16-18-17-14/h13H,1-12H2,(H,19,20)(H,16,17,18). The molecule has 0 aliphatic heterocycles. The summed E-state index contributed by atoms with van der Waals surface area (Å²) in [5, 5.41) is 19.0. The molecule has 0 bridgehead atoms. The highest BCUT2D eigenvalue weighted by atomic mass is 16.4. The van der Waals surface area contributed by atoms with Gasteiger partial charge in [0.05, 0.1) is 11.9 Å². The number of carboxylic acid groups (broad SMARTS) is 1. The van der Waals surface area contributed by atoms with E-state index in [0.717, 1.165) is 25.0 Å². The average Bonchev–Trinajstić information content (AvgIpc) is 2.93. The Morgan fingerprint density at radius 2 is 1.50 bits per heavy atom. The summed E-state index contributed by atoms with van der Waals surface area (Å²) in [7, 11) is 0. The Balaban J connectivity index is 1.73. The van der Waals surface area contributed by atoms with Crippen LogP contribution in [0.25, 0.3) is 0 Å². The van der Waals surface area contributed by atoms with Crippen LogP contribution in [-0.2, 0) is 11.2 Å². The van der Waals surface area contributed by atoms with Crippen LogP contribution in [0.1, 0.15) is 76.3 Å². The molecule has 0 aliphatic carbocycles. The van der Waals surface area contributed by atoms with Crippen molar-refractivity contribution < 1.29 is 9.90 Å². The number of nitrogens with zero attached hydrogens (tertiary/aromatic N) is 2. The summed E-state index contributed by atoms with van der Waals surface area (Å²) in [4.78, 5) is 10.3. The minimum atomic E-state index is -0.671. The number of aromatic amines is 1. The third-order valence-corrected chi connectivity index (χ3v) is 3.54. The molecule has 5 nitrogen and oxygen atoms in total. The summed E-state index contributed by atoms with van der Waals surface area (Å²) in [6.07, 6.45) is 15.1. The van der Waals surface area contributed by atoms with Gasteiger partial charge in [-0.1, -0.05) is 51.4 Å². The zero-order chi connectivity index (χ0) is 14.5. The summed E-state index contributed by atoms with van der Waals surface area (Å²) < 4.78 is 0. The molecule has 0 saturated carbocycles. The Morgan fingerprint density at radius 3 is 2.00 bits per heavy atom. The number of carboxylic acids is 1. The van der Waals surface area contributed by atoms with Gasteiger partial charge < -0.3 is 5.11 Å². The van der Waals surface area contributed by atoms with Crippen LogP contribution in [0.2, 0.25) is 0 Å². The van der Waals surface area contributed by atoms with E-state index >= 15 is 0 Å². The lowest BCUT2D eigenvalue weighted by molar-refractivity contribution is -0.137. The predicted octanol–water partition coefficient (Wildman–Crippen LogP) is 3.72. The number of aryl methyl sites for hydroxylation is 1. The minimum absolute atomic E-state index is 0.325. The Bertz CT molecular complexity index is 339. The molecule has 1 aromatic heterocycles. The lowest BCUT2D eigenvalue weighted by Crippen LogP contribution is -1.93. The van der Waals surface area contributed by atoms with E-state index in [4.69, 9.17) is 5.11 Å². The third kappa shape index (κ3) is 9.53. The number of aromatic nitrogens is 3. The van der Waals surface area contributed by atoms with Gasteiger partial charge in [0, 0.05) is 6.42 Å². The first kappa shape index (κ1) is 16.7. The molecule has 2 N–H and O–H groups in total. The maximum Gasteiger partial charge on any atom is 0.303 e. The highest BCUT2D eigenvalue weighted by molar-refractivity contribution is 5.66. The highest BCUT2D eigenvalue weighted by Crippen LogP contribution is 2.12. The van der Waals surface area contributed by atoms with E-state index in [0.29, 0.717) is 6.42 Å². The second-order valence-electron chi connectivity index (χ2n) is 5.39. The van der Waals surface area contributed by atoms with Crippen LogP contribution < -0.4 is 0 Å². The monoisotopic (exact) mass is 281 g/mol. The van der Waals surface area contributed by atoms with Crippen molar-refractivity contribution in [2.75, 3.05) is 0 Å². The van der Waals surface area contributed by atoms with E-state index in [1.54, 1.807) is 6.20 Å². The number of unbranched alkanes of at least 4 members (excludes halogenated alkanes) is 9. The first-order valence-corrected chi connectivity index (χ1v) is 7.85. The summed E-state index contributed by atoms with van der Waals surface area (Å²) >= 11 is 0. The smallest absolute Gasteiger partial charge is 0.303 e. The van der Waals surface area contributed by atoms with Crippen molar-refractivity contribution in [3.63, 3.8) is 0 Å². The van der Waals surface area contributed by atoms with Crippen molar-refractivity contribution >= 4 is 5.97 Å². The van der Waals surface area contributed by atoms with Crippen LogP contribution in [0.5, 0.6) is 0 Å². The molecule has 1 rings (SSSR count). The molecule has 0 aromatic carbocycles. The van der Waals surface area contributed by atoms with Gasteiger partial charge in [0.15, 0.2) is 0 Å². The molecule has 0 amide bonds. The van der Waals surface area contributed by atoms with E-state index in [-0.39, 0.29) is 0 Å². The molecule has 1 heterocycles. The number of hydrogen-bond acceptors (Lipinski definition) is 3. The molecule has 0 saturated heterocycles. The van der Waals surface area contributed by atoms with Crippen molar-refractivity contribution in [3.8, 4) is 0 Å². The molecule has 114 valence electrons. The van der Waals surface area contributed by atoms with Gasteiger partial charge >= 0.3 is 5.97 Å². The van der Waals surface area contributed by atoms with Gasteiger partial charge in [-0.3, -0.25) is 4.79 Å². The topological polar surface area (TPSA) is 78.9 Å². The molecular formula is C15H27N3O2. The second-order valence-corrected chi connectivity index (χ2v) is 5.39. The summed E-state index contributed by atoms with van der Waals surface area (Å²) in [5.74, 6) is -0.671. The number of nitrogens with one attached hydrogen (secondary N) is 1. The molecule has 0 atom stereocenters. The maximum atomic E-state index is 10.3. The van der Waals surface area contributed by atoms with Crippen LogP contribution in [0.15, 0.2) is 6.20 Å². The molecule has 0 spiro atoms. The van der Waals surface area contributed by atoms with Crippen LogP contribution in [0.4, 0.5) is 0 Å². The first-order valence-electron chi connectivity index (χ1n) is 7.85. The van der Waals surface area contributed by atoms with Crippen LogP contribution >= 0.6 is 0 Å². The van der Waals surface area contributed by atoms with Crippen molar-refractivity contribution in [1.29, 1.82) is 0 Å². The van der Waals surface area contributed by atoms with Crippen LogP contribution in [0, 0.1) is 0 Å². The molecular weight excluding hydrogens is 254 g/mol.